The highest BCUT2D eigenvalue weighted by Crippen LogP contribution is 2.14. The van der Waals surface area contributed by atoms with Crippen LogP contribution in [0.5, 0.6) is 0 Å². The number of aromatic nitrogens is 1. The minimum Gasteiger partial charge on any atom is -0.481 e. The van der Waals surface area contributed by atoms with Crippen molar-refractivity contribution in [3.05, 3.63) is 29.6 Å². The molecule has 1 aromatic rings. The number of aliphatic carboxylic acids is 1. The zero-order valence-corrected chi connectivity index (χ0v) is 10.6. The van der Waals surface area contributed by atoms with Gasteiger partial charge in [0.05, 0.1) is 18.2 Å². The van der Waals surface area contributed by atoms with Gasteiger partial charge in [-0.1, -0.05) is 13.0 Å². The first kappa shape index (κ1) is 14.2. The molecule has 18 heavy (non-hydrogen) atoms. The zero-order chi connectivity index (χ0) is 13.5. The summed E-state index contributed by atoms with van der Waals surface area (Å²) >= 11 is 0. The molecule has 1 rings (SSSR count). The molecule has 1 amide bonds. The van der Waals surface area contributed by atoms with Crippen LogP contribution >= 0.6 is 0 Å². The predicted molar refractivity (Wildman–Crippen MR) is 67.0 cm³/mol. The Morgan fingerprint density at radius 3 is 2.61 bits per heavy atom. The summed E-state index contributed by atoms with van der Waals surface area (Å²) in [6.07, 6.45) is 2.32. The molecule has 0 saturated heterocycles. The van der Waals surface area contributed by atoms with Gasteiger partial charge in [0.2, 0.25) is 5.91 Å². The lowest BCUT2D eigenvalue weighted by Gasteiger charge is -2.16. The third kappa shape index (κ3) is 4.53. The molecule has 0 spiro atoms. The molecule has 98 valence electrons. The van der Waals surface area contributed by atoms with Gasteiger partial charge in [-0.25, -0.2) is 0 Å². The predicted octanol–water partition coefficient (Wildman–Crippen LogP) is 1.82. The van der Waals surface area contributed by atoms with Gasteiger partial charge in [-0.15, -0.1) is 0 Å². The Bertz CT molecular complexity index is 415. The molecule has 5 nitrogen and oxygen atoms in total. The highest BCUT2D eigenvalue weighted by atomic mass is 16.4. The maximum Gasteiger partial charge on any atom is 0.303 e. The van der Waals surface area contributed by atoms with Gasteiger partial charge >= 0.3 is 5.97 Å². The summed E-state index contributed by atoms with van der Waals surface area (Å²) in [4.78, 5) is 26.2. The first-order chi connectivity index (χ1) is 8.52. The molecule has 1 aromatic heterocycles. The summed E-state index contributed by atoms with van der Waals surface area (Å²) in [6.45, 7) is 3.90. The number of carboxylic acid groups (broad SMARTS) is 1. The standard InChI is InChI=1S/C13H18N2O3/c1-3-10(11-5-4-9(2)8-14-11)15-12(16)6-7-13(17)18/h4-5,8,10H,3,6-7H2,1-2H3,(H,15,16)(H,17,18)/t10-/m0/s1. The average molecular weight is 250 g/mol. The Labute approximate surface area is 106 Å². The van der Waals surface area contributed by atoms with Gasteiger partial charge < -0.3 is 10.4 Å². The minimum atomic E-state index is -0.966. The zero-order valence-electron chi connectivity index (χ0n) is 10.6. The highest BCUT2D eigenvalue weighted by molar-refractivity contribution is 5.80. The Morgan fingerprint density at radius 1 is 1.39 bits per heavy atom. The lowest BCUT2D eigenvalue weighted by molar-refractivity contribution is -0.138. The SMILES string of the molecule is CC[C@H](NC(=O)CCC(=O)O)c1ccc(C)cn1. The summed E-state index contributed by atoms with van der Waals surface area (Å²) in [7, 11) is 0. The van der Waals surface area contributed by atoms with Crippen LogP contribution in [-0.4, -0.2) is 22.0 Å². The second kappa shape index (κ2) is 6.74. The molecule has 0 radical (unpaired) electrons. The van der Waals surface area contributed by atoms with E-state index in [0.717, 1.165) is 17.7 Å². The number of hydrogen-bond donors (Lipinski definition) is 2. The van der Waals surface area contributed by atoms with Crippen molar-refractivity contribution in [3.63, 3.8) is 0 Å². The van der Waals surface area contributed by atoms with Crippen LogP contribution in [0.3, 0.4) is 0 Å². The van der Waals surface area contributed by atoms with Crippen molar-refractivity contribution in [3.8, 4) is 0 Å². The molecule has 0 aliphatic carbocycles. The van der Waals surface area contributed by atoms with Crippen LogP contribution in [0, 0.1) is 6.92 Å². The molecule has 1 heterocycles. The van der Waals surface area contributed by atoms with E-state index in [1.165, 1.54) is 0 Å². The molecule has 0 aromatic carbocycles. The molecule has 5 heteroatoms. The Morgan fingerprint density at radius 2 is 2.11 bits per heavy atom. The van der Waals surface area contributed by atoms with Crippen molar-refractivity contribution in [2.75, 3.05) is 0 Å². The van der Waals surface area contributed by atoms with Crippen molar-refractivity contribution < 1.29 is 14.7 Å². The number of carbonyl (C=O) groups excluding carboxylic acids is 1. The van der Waals surface area contributed by atoms with E-state index >= 15 is 0 Å². The van der Waals surface area contributed by atoms with E-state index in [9.17, 15) is 9.59 Å². The normalized spacial score (nSPS) is 11.9. The van der Waals surface area contributed by atoms with Crippen molar-refractivity contribution in [2.45, 2.75) is 39.2 Å². The van der Waals surface area contributed by atoms with E-state index in [2.05, 4.69) is 10.3 Å². The minimum absolute atomic E-state index is 0.00229. The topological polar surface area (TPSA) is 79.3 Å². The van der Waals surface area contributed by atoms with Gasteiger partial charge in [0.15, 0.2) is 0 Å². The molecular formula is C13H18N2O3. The number of amides is 1. The Balaban J connectivity index is 2.59. The molecule has 2 N–H and O–H groups in total. The van der Waals surface area contributed by atoms with Gasteiger partial charge in [-0.05, 0) is 25.0 Å². The smallest absolute Gasteiger partial charge is 0.303 e. The van der Waals surface area contributed by atoms with E-state index in [1.54, 1.807) is 6.20 Å². The average Bonchev–Trinajstić information content (AvgIpc) is 2.34. The maximum atomic E-state index is 11.6. The first-order valence-electron chi connectivity index (χ1n) is 5.96. The number of carboxylic acids is 1. The van der Waals surface area contributed by atoms with E-state index < -0.39 is 5.97 Å². The van der Waals surface area contributed by atoms with Crippen LogP contribution in [0.2, 0.25) is 0 Å². The second-order valence-electron chi connectivity index (χ2n) is 4.18. The lowest BCUT2D eigenvalue weighted by atomic mass is 10.1. The molecule has 0 saturated carbocycles. The number of carbonyl (C=O) groups is 2. The molecule has 0 bridgehead atoms. The number of hydrogen-bond acceptors (Lipinski definition) is 3. The number of rotatable bonds is 6. The summed E-state index contributed by atoms with van der Waals surface area (Å²) in [5.74, 6) is -1.22. The number of nitrogens with zero attached hydrogens (tertiary/aromatic N) is 1. The maximum absolute atomic E-state index is 11.6. The fourth-order valence-corrected chi connectivity index (χ4v) is 1.56. The molecular weight excluding hydrogens is 232 g/mol. The summed E-state index contributed by atoms with van der Waals surface area (Å²) < 4.78 is 0. The monoisotopic (exact) mass is 250 g/mol. The summed E-state index contributed by atoms with van der Waals surface area (Å²) in [6, 6.07) is 3.65. The van der Waals surface area contributed by atoms with Crippen LogP contribution in [0.4, 0.5) is 0 Å². The van der Waals surface area contributed by atoms with Crippen molar-refractivity contribution in [1.29, 1.82) is 0 Å². The van der Waals surface area contributed by atoms with Crippen molar-refractivity contribution in [1.82, 2.24) is 10.3 Å². The molecule has 0 aliphatic rings. The largest absolute Gasteiger partial charge is 0.481 e. The molecule has 0 fully saturated rings. The third-order valence-electron chi connectivity index (χ3n) is 2.60. The van der Waals surface area contributed by atoms with Gasteiger partial charge in [-0.2, -0.15) is 0 Å². The van der Waals surface area contributed by atoms with Crippen LogP contribution in [0.1, 0.15) is 43.5 Å². The van der Waals surface area contributed by atoms with Crippen LogP contribution in [0.25, 0.3) is 0 Å². The van der Waals surface area contributed by atoms with Crippen molar-refractivity contribution in [2.24, 2.45) is 0 Å². The van der Waals surface area contributed by atoms with Crippen LogP contribution in [-0.2, 0) is 9.59 Å². The van der Waals surface area contributed by atoms with Crippen LogP contribution < -0.4 is 5.32 Å². The highest BCUT2D eigenvalue weighted by Gasteiger charge is 2.14. The summed E-state index contributed by atoms with van der Waals surface area (Å²) in [5.41, 5.74) is 1.86. The van der Waals surface area contributed by atoms with E-state index in [4.69, 9.17) is 5.11 Å². The Hall–Kier alpha value is -1.91. The van der Waals surface area contributed by atoms with Gasteiger partial charge in [0.25, 0.3) is 0 Å². The van der Waals surface area contributed by atoms with Gasteiger partial charge in [0.1, 0.15) is 0 Å². The van der Waals surface area contributed by atoms with E-state index in [0.29, 0.717) is 0 Å². The number of pyridine rings is 1. The van der Waals surface area contributed by atoms with Crippen LogP contribution in [0.15, 0.2) is 18.3 Å². The fourth-order valence-electron chi connectivity index (χ4n) is 1.56. The molecule has 0 unspecified atom stereocenters. The molecule has 0 aliphatic heterocycles. The first-order valence-corrected chi connectivity index (χ1v) is 5.96. The lowest BCUT2D eigenvalue weighted by Crippen LogP contribution is -2.29. The van der Waals surface area contributed by atoms with Gasteiger partial charge in [0, 0.05) is 12.6 Å². The van der Waals surface area contributed by atoms with Crippen molar-refractivity contribution >= 4 is 11.9 Å². The summed E-state index contributed by atoms with van der Waals surface area (Å²) in [5, 5.41) is 11.3. The fraction of sp³-hybridized carbons (Fsp3) is 0.462. The number of nitrogens with one attached hydrogen (secondary N) is 1. The Kier molecular flexibility index (Phi) is 5.30. The van der Waals surface area contributed by atoms with Gasteiger partial charge in [-0.3, -0.25) is 14.6 Å². The third-order valence-corrected chi connectivity index (χ3v) is 2.60. The van der Waals surface area contributed by atoms with E-state index in [-0.39, 0.29) is 24.8 Å². The molecule has 1 atom stereocenters. The van der Waals surface area contributed by atoms with E-state index in [1.807, 2.05) is 26.0 Å². The second-order valence-corrected chi connectivity index (χ2v) is 4.18. The number of aryl methyl sites for hydroxylation is 1. The quantitative estimate of drug-likeness (QED) is 0.807.